The Hall–Kier alpha value is -2.10. The molecule has 0 spiro atoms. The summed E-state index contributed by atoms with van der Waals surface area (Å²) in [7, 11) is 0. The largest absolute Gasteiger partial charge is 0.463 e. The molecule has 0 aromatic heterocycles. The molecule has 0 atom stereocenters. The minimum Gasteiger partial charge on any atom is -0.463 e. The number of carbonyl (C=O) groups is 2. The molecule has 0 saturated carbocycles. The molecule has 1 heterocycles. The number of hydrogen-bond acceptors (Lipinski definition) is 4. The minimum atomic E-state index is -0.536. The van der Waals surface area contributed by atoms with Crippen LogP contribution in [0.15, 0.2) is 30.3 Å². The summed E-state index contributed by atoms with van der Waals surface area (Å²) in [5.74, 6) is -0.580. The molecule has 0 saturated heterocycles. The quantitative estimate of drug-likeness (QED) is 0.429. The van der Waals surface area contributed by atoms with Gasteiger partial charge in [0.25, 0.3) is 0 Å². The maximum atomic E-state index is 11.5. The maximum absolute atomic E-state index is 11.5. The van der Waals surface area contributed by atoms with Crippen molar-refractivity contribution < 1.29 is 19.1 Å². The van der Waals surface area contributed by atoms with E-state index in [1.54, 1.807) is 31.2 Å². The summed E-state index contributed by atoms with van der Waals surface area (Å²) in [6, 6.07) is 6.95. The van der Waals surface area contributed by atoms with Gasteiger partial charge in [-0.15, -0.1) is 0 Å². The number of carbonyl (C=O) groups excluding carboxylic acids is 2. The maximum Gasteiger partial charge on any atom is 0.344 e. The van der Waals surface area contributed by atoms with Gasteiger partial charge in [0.05, 0.1) is 12.2 Å². The molecule has 0 bridgehead atoms. The normalized spacial score (nSPS) is 15.8. The second-order valence-corrected chi connectivity index (χ2v) is 3.20. The highest BCUT2D eigenvalue weighted by atomic mass is 16.5. The molecule has 1 aromatic carbocycles. The summed E-state index contributed by atoms with van der Waals surface area (Å²) in [5, 5.41) is 0. The Morgan fingerprint density at radius 2 is 2.19 bits per heavy atom. The van der Waals surface area contributed by atoms with Crippen molar-refractivity contribution in [3.05, 3.63) is 35.9 Å². The molecule has 0 amide bonds. The van der Waals surface area contributed by atoms with Crippen molar-refractivity contribution in [2.75, 3.05) is 6.61 Å². The molecule has 4 heteroatoms. The lowest BCUT2D eigenvalue weighted by Gasteiger charge is -1.96. The summed E-state index contributed by atoms with van der Waals surface area (Å²) in [4.78, 5) is 22.7. The summed E-state index contributed by atoms with van der Waals surface area (Å²) >= 11 is 0. The minimum absolute atomic E-state index is 0.244. The second-order valence-electron chi connectivity index (χ2n) is 3.20. The zero-order valence-corrected chi connectivity index (χ0v) is 8.73. The summed E-state index contributed by atoms with van der Waals surface area (Å²) in [6.07, 6.45) is 1.16. The molecule has 0 radical (unpaired) electrons. The summed E-state index contributed by atoms with van der Waals surface area (Å²) < 4.78 is 9.73. The number of esters is 2. The van der Waals surface area contributed by atoms with Crippen LogP contribution in [-0.2, 0) is 14.3 Å². The third kappa shape index (κ3) is 1.82. The predicted octanol–water partition coefficient (Wildman–Crippen LogP) is 1.55. The van der Waals surface area contributed by atoms with Gasteiger partial charge in [-0.1, -0.05) is 18.2 Å². The predicted molar refractivity (Wildman–Crippen MR) is 56.7 cm³/mol. The van der Waals surface area contributed by atoms with E-state index < -0.39 is 11.9 Å². The molecule has 82 valence electrons. The first-order valence-electron chi connectivity index (χ1n) is 4.92. The van der Waals surface area contributed by atoms with Crippen LogP contribution < -0.4 is 4.74 Å². The van der Waals surface area contributed by atoms with E-state index in [0.29, 0.717) is 11.3 Å². The van der Waals surface area contributed by atoms with Gasteiger partial charge in [0.15, 0.2) is 0 Å². The molecule has 4 nitrogen and oxygen atoms in total. The van der Waals surface area contributed by atoms with Crippen molar-refractivity contribution in [1.29, 1.82) is 0 Å². The molecule has 1 aliphatic heterocycles. The van der Waals surface area contributed by atoms with E-state index in [1.807, 2.05) is 0 Å². The lowest BCUT2D eigenvalue weighted by molar-refractivity contribution is -0.137. The van der Waals surface area contributed by atoms with E-state index in [4.69, 9.17) is 9.47 Å². The third-order valence-electron chi connectivity index (χ3n) is 2.15. The van der Waals surface area contributed by atoms with E-state index in [-0.39, 0.29) is 12.2 Å². The fraction of sp³-hybridized carbons (Fsp3) is 0.167. The molecule has 0 N–H and O–H groups in total. The van der Waals surface area contributed by atoms with Crippen molar-refractivity contribution in [1.82, 2.24) is 0 Å². The first-order valence-corrected chi connectivity index (χ1v) is 4.92. The van der Waals surface area contributed by atoms with Crippen LogP contribution in [-0.4, -0.2) is 18.5 Å². The van der Waals surface area contributed by atoms with Gasteiger partial charge in [-0.3, -0.25) is 0 Å². The van der Waals surface area contributed by atoms with Crippen molar-refractivity contribution >= 4 is 17.5 Å². The van der Waals surface area contributed by atoms with E-state index in [0.717, 1.165) is 6.08 Å². The Bertz CT molecular complexity index is 474. The Balaban J connectivity index is 2.35. The van der Waals surface area contributed by atoms with Crippen LogP contribution in [0, 0.1) is 0 Å². The van der Waals surface area contributed by atoms with E-state index >= 15 is 0 Å². The molecule has 1 aliphatic rings. The molecule has 0 fully saturated rings. The average molecular weight is 218 g/mol. The van der Waals surface area contributed by atoms with Crippen molar-refractivity contribution in [2.24, 2.45) is 0 Å². The fourth-order valence-electron chi connectivity index (χ4n) is 1.48. The smallest absolute Gasteiger partial charge is 0.344 e. The summed E-state index contributed by atoms with van der Waals surface area (Å²) in [5.41, 5.74) is 0.870. The van der Waals surface area contributed by atoms with Crippen LogP contribution in [0.5, 0.6) is 5.75 Å². The lowest BCUT2D eigenvalue weighted by Crippen LogP contribution is -2.05. The van der Waals surface area contributed by atoms with E-state index in [2.05, 4.69) is 0 Å². The SMILES string of the molecule is CCOC(=O)C=C1C(=O)Oc2ccccc21. The molecule has 1 aromatic rings. The summed E-state index contributed by atoms with van der Waals surface area (Å²) in [6.45, 7) is 1.98. The van der Waals surface area contributed by atoms with Crippen molar-refractivity contribution in [3.8, 4) is 5.75 Å². The topological polar surface area (TPSA) is 52.6 Å². The van der Waals surface area contributed by atoms with Gasteiger partial charge in [0.2, 0.25) is 0 Å². The standard InChI is InChI=1S/C12H10O4/c1-2-15-11(13)7-9-8-5-3-4-6-10(8)16-12(9)14/h3-7H,2H2,1H3. The van der Waals surface area contributed by atoms with Crippen LogP contribution in [0.2, 0.25) is 0 Å². The van der Waals surface area contributed by atoms with Crippen molar-refractivity contribution in [2.45, 2.75) is 6.92 Å². The van der Waals surface area contributed by atoms with Gasteiger partial charge >= 0.3 is 11.9 Å². The highest BCUT2D eigenvalue weighted by molar-refractivity contribution is 6.24. The lowest BCUT2D eigenvalue weighted by atomic mass is 10.1. The highest BCUT2D eigenvalue weighted by Gasteiger charge is 2.27. The zero-order valence-electron chi connectivity index (χ0n) is 8.73. The van der Waals surface area contributed by atoms with Gasteiger partial charge in [0, 0.05) is 11.6 Å². The number of rotatable bonds is 2. The van der Waals surface area contributed by atoms with Crippen LogP contribution in [0.1, 0.15) is 12.5 Å². The second kappa shape index (κ2) is 4.18. The van der Waals surface area contributed by atoms with Crippen LogP contribution >= 0.6 is 0 Å². The molecular formula is C12H10O4. The molecule has 0 unspecified atom stereocenters. The molecule has 16 heavy (non-hydrogen) atoms. The molecule has 0 aliphatic carbocycles. The Labute approximate surface area is 92.5 Å². The number of fused-ring (bicyclic) bond motifs is 1. The number of ether oxygens (including phenoxy) is 2. The highest BCUT2D eigenvalue weighted by Crippen LogP contribution is 2.33. The molecule has 2 rings (SSSR count). The fourth-order valence-corrected chi connectivity index (χ4v) is 1.48. The van der Waals surface area contributed by atoms with E-state index in [1.165, 1.54) is 0 Å². The van der Waals surface area contributed by atoms with Crippen LogP contribution in [0.4, 0.5) is 0 Å². The number of benzene rings is 1. The zero-order chi connectivity index (χ0) is 11.5. The van der Waals surface area contributed by atoms with Gasteiger partial charge in [-0.25, -0.2) is 9.59 Å². The van der Waals surface area contributed by atoms with Gasteiger partial charge in [-0.2, -0.15) is 0 Å². The third-order valence-corrected chi connectivity index (χ3v) is 2.15. The van der Waals surface area contributed by atoms with Gasteiger partial charge in [0.1, 0.15) is 5.75 Å². The Kier molecular flexibility index (Phi) is 2.72. The average Bonchev–Trinajstić information content (AvgIpc) is 2.56. The van der Waals surface area contributed by atoms with Crippen LogP contribution in [0.3, 0.4) is 0 Å². The van der Waals surface area contributed by atoms with Crippen LogP contribution in [0.25, 0.3) is 5.57 Å². The van der Waals surface area contributed by atoms with E-state index in [9.17, 15) is 9.59 Å². The van der Waals surface area contributed by atoms with Gasteiger partial charge in [-0.05, 0) is 13.0 Å². The Morgan fingerprint density at radius 1 is 1.44 bits per heavy atom. The van der Waals surface area contributed by atoms with Gasteiger partial charge < -0.3 is 9.47 Å². The molecular weight excluding hydrogens is 208 g/mol. The number of para-hydroxylation sites is 1. The first-order chi connectivity index (χ1) is 7.72. The number of hydrogen-bond donors (Lipinski definition) is 0. The first kappa shape index (κ1) is 10.4. The Morgan fingerprint density at radius 3 is 2.94 bits per heavy atom. The van der Waals surface area contributed by atoms with Crippen molar-refractivity contribution in [3.63, 3.8) is 0 Å². The monoisotopic (exact) mass is 218 g/mol.